The number of carbonyl (C=O) groups excluding carboxylic acids is 3. The highest BCUT2D eigenvalue weighted by Gasteiger charge is 2.55. The molecule has 5 rings (SSSR count). The van der Waals surface area contributed by atoms with Gasteiger partial charge in [0.05, 0.1) is 29.7 Å². The zero-order valence-corrected chi connectivity index (χ0v) is 28.0. The van der Waals surface area contributed by atoms with Gasteiger partial charge < -0.3 is 24.8 Å². The van der Waals surface area contributed by atoms with Gasteiger partial charge in [0.2, 0.25) is 11.7 Å². The maximum Gasteiger partial charge on any atom is 0.308 e. The van der Waals surface area contributed by atoms with Crippen molar-refractivity contribution in [1.82, 2.24) is 9.80 Å². The molecule has 0 aromatic heterocycles. The number of piperidine rings is 1. The lowest BCUT2D eigenvalue weighted by atomic mass is 9.61. The quantitative estimate of drug-likeness (QED) is 0.233. The van der Waals surface area contributed by atoms with Crippen LogP contribution in [0, 0.1) is 0 Å². The van der Waals surface area contributed by atoms with Crippen molar-refractivity contribution >= 4 is 41.0 Å². The molecule has 0 radical (unpaired) electrons. The lowest BCUT2D eigenvalue weighted by Crippen LogP contribution is -2.61. The first-order chi connectivity index (χ1) is 22.0. The van der Waals surface area contributed by atoms with Crippen LogP contribution in [-0.4, -0.2) is 74.0 Å². The van der Waals surface area contributed by atoms with Crippen LogP contribution in [0.1, 0.15) is 54.6 Å². The molecule has 0 spiro atoms. The summed E-state index contributed by atoms with van der Waals surface area (Å²) in [6.45, 7) is 5.58. The fourth-order valence-corrected chi connectivity index (χ4v) is 7.60. The van der Waals surface area contributed by atoms with E-state index in [1.54, 1.807) is 23.1 Å². The summed E-state index contributed by atoms with van der Waals surface area (Å²) in [6.07, 6.45) is 1.67. The normalized spacial score (nSPS) is 23.2. The Balaban J connectivity index is 1.60. The van der Waals surface area contributed by atoms with E-state index >= 15 is 0 Å². The number of likely N-dealkylation sites (tertiary alicyclic amines) is 2. The Kier molecular flexibility index (Phi) is 9.86. The third-order valence-electron chi connectivity index (χ3n) is 9.69. The van der Waals surface area contributed by atoms with Crippen molar-refractivity contribution in [2.75, 3.05) is 40.4 Å². The molecule has 2 amide bonds. The van der Waals surface area contributed by atoms with Crippen molar-refractivity contribution in [3.05, 3.63) is 87.4 Å². The lowest BCUT2D eigenvalue weighted by molar-refractivity contribution is -0.132. The molecule has 3 atom stereocenters. The van der Waals surface area contributed by atoms with Crippen LogP contribution in [0.2, 0.25) is 10.0 Å². The number of halogens is 2. The Morgan fingerprint density at radius 1 is 0.913 bits per heavy atom. The number of ether oxygens (including phenoxy) is 3. The zero-order chi connectivity index (χ0) is 33.2. The Labute approximate surface area is 279 Å². The van der Waals surface area contributed by atoms with Gasteiger partial charge in [-0.3, -0.25) is 19.3 Å². The maximum absolute atomic E-state index is 14.2. The molecule has 3 unspecified atom stereocenters. The second kappa shape index (κ2) is 13.5. The van der Waals surface area contributed by atoms with E-state index in [0.29, 0.717) is 54.5 Å². The molecule has 46 heavy (non-hydrogen) atoms. The largest absolute Gasteiger partial charge is 0.493 e. The number of nitrogens with zero attached hydrogens (tertiary/aromatic N) is 2. The van der Waals surface area contributed by atoms with E-state index in [-0.39, 0.29) is 35.1 Å². The number of nitrogens with two attached hydrogens (primary N) is 1. The second-order valence-electron chi connectivity index (χ2n) is 12.0. The molecule has 2 N–H and O–H groups in total. The van der Waals surface area contributed by atoms with Gasteiger partial charge in [-0.15, -0.1) is 0 Å². The molecule has 0 aliphatic carbocycles. The molecule has 2 aliphatic rings. The van der Waals surface area contributed by atoms with E-state index in [9.17, 15) is 14.4 Å². The molecule has 0 bridgehead atoms. The minimum Gasteiger partial charge on any atom is -0.493 e. The molecule has 2 fully saturated rings. The first kappa shape index (κ1) is 33.6. The summed E-state index contributed by atoms with van der Waals surface area (Å²) in [5, 5.41) is 0.854. The van der Waals surface area contributed by atoms with Gasteiger partial charge in [0.15, 0.2) is 11.5 Å². The van der Waals surface area contributed by atoms with Gasteiger partial charge in [0.1, 0.15) is 0 Å². The van der Waals surface area contributed by atoms with Crippen LogP contribution >= 0.6 is 23.2 Å². The predicted molar refractivity (Wildman–Crippen MR) is 177 cm³/mol. The molecule has 244 valence electrons. The number of methoxy groups -OCH3 is 2. The Hall–Kier alpha value is -3.79. The summed E-state index contributed by atoms with van der Waals surface area (Å²) in [7, 11) is 2.86. The van der Waals surface area contributed by atoms with Gasteiger partial charge in [0.25, 0.3) is 5.91 Å². The number of carbonyl (C=O) groups is 3. The molecule has 2 saturated heterocycles. The van der Waals surface area contributed by atoms with Crippen LogP contribution in [0.4, 0.5) is 0 Å². The first-order valence-electron chi connectivity index (χ1n) is 15.3. The summed E-state index contributed by atoms with van der Waals surface area (Å²) in [6, 6.07) is 18.3. The minimum atomic E-state index is -0.883. The van der Waals surface area contributed by atoms with Crippen molar-refractivity contribution in [3.63, 3.8) is 0 Å². The average Bonchev–Trinajstić information content (AvgIpc) is 3.52. The number of likely N-dealkylation sites (N-methyl/N-ethyl adjacent to an activating group) is 1. The maximum atomic E-state index is 14.2. The number of hydrogen-bond donors (Lipinski definition) is 1. The summed E-state index contributed by atoms with van der Waals surface area (Å²) in [5.41, 5.74) is 6.90. The molecular weight excluding hydrogens is 629 g/mol. The van der Waals surface area contributed by atoms with Gasteiger partial charge in [-0.05, 0) is 67.7 Å². The van der Waals surface area contributed by atoms with Gasteiger partial charge in [-0.1, -0.05) is 66.5 Å². The minimum absolute atomic E-state index is 0.102. The fourth-order valence-electron chi connectivity index (χ4n) is 7.30. The number of primary amides is 1. The predicted octanol–water partition coefficient (Wildman–Crippen LogP) is 5.63. The standard InChI is InChI=1S/C35H39Cl2N3O6/c1-5-39-15-13-34(33(38)43,24-9-7-6-8-10-24)20-30(39)35(25-11-12-26(36)27(37)19-25)14-16-40(21-35)32(42)23-17-28(44-3)31(46-22(2)41)29(18-23)45-4/h6-12,17-19,30H,5,13-16,20-21H2,1-4H3,(H2,38,43). The Morgan fingerprint density at radius 3 is 2.15 bits per heavy atom. The van der Waals surface area contributed by atoms with Gasteiger partial charge >= 0.3 is 5.97 Å². The van der Waals surface area contributed by atoms with Crippen molar-refractivity contribution < 1.29 is 28.6 Å². The second-order valence-corrected chi connectivity index (χ2v) is 12.8. The van der Waals surface area contributed by atoms with Crippen molar-refractivity contribution in [2.24, 2.45) is 5.73 Å². The monoisotopic (exact) mass is 667 g/mol. The van der Waals surface area contributed by atoms with Crippen molar-refractivity contribution in [1.29, 1.82) is 0 Å². The van der Waals surface area contributed by atoms with E-state index in [0.717, 1.165) is 17.7 Å². The number of rotatable bonds is 9. The van der Waals surface area contributed by atoms with Crippen molar-refractivity contribution in [2.45, 2.75) is 50.0 Å². The van der Waals surface area contributed by atoms with Crippen LogP contribution in [0.25, 0.3) is 0 Å². The SMILES string of the molecule is CCN1CCC(C(N)=O)(c2ccccc2)CC1C1(c2ccc(Cl)c(Cl)c2)CCN(C(=O)c2cc(OC)c(OC(C)=O)c(OC)c2)C1. The molecule has 9 nitrogen and oxygen atoms in total. The molecule has 3 aromatic carbocycles. The smallest absolute Gasteiger partial charge is 0.308 e. The van der Waals surface area contributed by atoms with Crippen LogP contribution in [-0.2, 0) is 20.4 Å². The number of hydrogen-bond acceptors (Lipinski definition) is 7. The van der Waals surface area contributed by atoms with E-state index in [4.69, 9.17) is 43.1 Å². The molecule has 2 aliphatic heterocycles. The number of esters is 1. The summed E-state index contributed by atoms with van der Waals surface area (Å²) >= 11 is 13.0. The highest BCUT2D eigenvalue weighted by atomic mass is 35.5. The van der Waals surface area contributed by atoms with Crippen LogP contribution in [0.3, 0.4) is 0 Å². The van der Waals surface area contributed by atoms with E-state index in [2.05, 4.69) is 11.8 Å². The zero-order valence-electron chi connectivity index (χ0n) is 26.5. The highest BCUT2D eigenvalue weighted by molar-refractivity contribution is 6.42. The van der Waals surface area contributed by atoms with Gasteiger partial charge in [0, 0.05) is 37.0 Å². The topological polar surface area (TPSA) is 111 Å². The lowest BCUT2D eigenvalue weighted by Gasteiger charge is -2.52. The molecule has 3 aromatic rings. The molecule has 0 saturated carbocycles. The van der Waals surface area contributed by atoms with E-state index < -0.39 is 16.8 Å². The highest BCUT2D eigenvalue weighted by Crippen LogP contribution is 2.50. The van der Waals surface area contributed by atoms with Crippen molar-refractivity contribution in [3.8, 4) is 17.2 Å². The Morgan fingerprint density at radius 2 is 1.59 bits per heavy atom. The fraction of sp³-hybridized carbons (Fsp3) is 0.400. The van der Waals surface area contributed by atoms with E-state index in [1.807, 2.05) is 42.5 Å². The molecule has 11 heteroatoms. The van der Waals surface area contributed by atoms with Gasteiger partial charge in [-0.2, -0.15) is 0 Å². The van der Waals surface area contributed by atoms with Crippen LogP contribution in [0.5, 0.6) is 17.2 Å². The molecule has 2 heterocycles. The summed E-state index contributed by atoms with van der Waals surface area (Å²) < 4.78 is 16.3. The molecular formula is C35H39Cl2N3O6. The first-order valence-corrected chi connectivity index (χ1v) is 16.0. The third kappa shape index (κ3) is 6.04. The number of amides is 2. The van der Waals surface area contributed by atoms with Crippen LogP contribution in [0.15, 0.2) is 60.7 Å². The van der Waals surface area contributed by atoms with E-state index in [1.165, 1.54) is 21.1 Å². The number of benzene rings is 3. The summed E-state index contributed by atoms with van der Waals surface area (Å²) in [4.78, 5) is 43.6. The Bertz CT molecular complexity index is 1610. The van der Waals surface area contributed by atoms with Crippen LogP contribution < -0.4 is 19.9 Å². The van der Waals surface area contributed by atoms with Gasteiger partial charge in [-0.25, -0.2) is 0 Å². The summed E-state index contributed by atoms with van der Waals surface area (Å²) in [5.74, 6) is -0.641. The third-order valence-corrected chi connectivity index (χ3v) is 10.4. The average molecular weight is 669 g/mol.